The molecule has 0 saturated carbocycles. The minimum Gasteiger partial charge on any atom is -0.492 e. The van der Waals surface area contributed by atoms with Gasteiger partial charge in [-0.05, 0) is 46.3 Å². The zero-order chi connectivity index (χ0) is 13.7. The van der Waals surface area contributed by atoms with Crippen molar-refractivity contribution in [2.45, 2.75) is 6.54 Å². The molecule has 96 valence electrons. The topological polar surface area (TPSA) is 55.0 Å². The summed E-state index contributed by atoms with van der Waals surface area (Å²) in [6.07, 6.45) is 1.73. The van der Waals surface area contributed by atoms with Crippen LogP contribution in [0.5, 0.6) is 5.75 Å². The lowest BCUT2D eigenvalue weighted by atomic mass is 10.2. The van der Waals surface area contributed by atoms with Gasteiger partial charge in [0.1, 0.15) is 12.4 Å². The van der Waals surface area contributed by atoms with Crippen LogP contribution in [0.4, 0.5) is 0 Å². The van der Waals surface area contributed by atoms with Gasteiger partial charge in [0.2, 0.25) is 0 Å². The molecule has 4 nitrogen and oxygen atoms in total. The third-order valence-electron chi connectivity index (χ3n) is 2.53. The van der Waals surface area contributed by atoms with E-state index >= 15 is 0 Å². The molecule has 5 heteroatoms. The molecule has 2 rings (SSSR count). The summed E-state index contributed by atoms with van der Waals surface area (Å²) in [5.41, 5.74) is 0.530. The molecule has 1 heterocycles. The first-order valence-corrected chi connectivity index (χ1v) is 6.47. The Morgan fingerprint density at radius 1 is 1.21 bits per heavy atom. The number of halogens is 1. The van der Waals surface area contributed by atoms with Crippen LogP contribution in [-0.4, -0.2) is 11.2 Å². The monoisotopic (exact) mass is 318 g/mol. The molecule has 0 bridgehead atoms. The van der Waals surface area contributed by atoms with Crippen LogP contribution in [0.25, 0.3) is 0 Å². The van der Waals surface area contributed by atoms with Crippen molar-refractivity contribution in [1.82, 2.24) is 4.57 Å². The van der Waals surface area contributed by atoms with E-state index < -0.39 is 0 Å². The number of rotatable bonds is 4. The second-order valence-electron chi connectivity index (χ2n) is 3.86. The first-order valence-electron chi connectivity index (χ1n) is 5.68. The van der Waals surface area contributed by atoms with Crippen molar-refractivity contribution >= 4 is 15.9 Å². The Morgan fingerprint density at radius 3 is 2.63 bits per heavy atom. The molecule has 0 N–H and O–H groups in total. The van der Waals surface area contributed by atoms with Crippen molar-refractivity contribution in [3.8, 4) is 11.8 Å². The number of benzene rings is 1. The van der Waals surface area contributed by atoms with Gasteiger partial charge in [-0.2, -0.15) is 5.26 Å². The normalized spacial score (nSPS) is 9.89. The number of nitriles is 1. The van der Waals surface area contributed by atoms with Gasteiger partial charge >= 0.3 is 0 Å². The molecule has 2 aromatic rings. The zero-order valence-electron chi connectivity index (χ0n) is 10.0. The fraction of sp³-hybridized carbons (Fsp3) is 0.143. The lowest BCUT2D eigenvalue weighted by Crippen LogP contribution is -2.21. The molecule has 0 aliphatic heterocycles. The molecular formula is C14H11BrN2O2. The first kappa shape index (κ1) is 13.4. The summed E-state index contributed by atoms with van der Waals surface area (Å²) < 4.78 is 7.95. The van der Waals surface area contributed by atoms with Gasteiger partial charge in [0, 0.05) is 16.7 Å². The molecule has 1 aromatic heterocycles. The number of nitrogens with zero attached hydrogens (tertiary/aromatic N) is 2. The van der Waals surface area contributed by atoms with E-state index in [4.69, 9.17) is 10.00 Å². The van der Waals surface area contributed by atoms with Gasteiger partial charge in [0.25, 0.3) is 5.56 Å². The summed E-state index contributed by atoms with van der Waals surface area (Å²) in [7, 11) is 0. The van der Waals surface area contributed by atoms with Crippen LogP contribution in [-0.2, 0) is 6.54 Å². The van der Waals surface area contributed by atoms with E-state index in [1.807, 2.05) is 6.07 Å². The van der Waals surface area contributed by atoms with Crippen LogP contribution >= 0.6 is 15.9 Å². The highest BCUT2D eigenvalue weighted by molar-refractivity contribution is 9.10. The fourth-order valence-electron chi connectivity index (χ4n) is 1.56. The summed E-state index contributed by atoms with van der Waals surface area (Å²) in [6.45, 7) is 0.862. The van der Waals surface area contributed by atoms with E-state index in [1.165, 1.54) is 6.07 Å². The fourth-order valence-corrected chi connectivity index (χ4v) is 1.94. The predicted octanol–water partition coefficient (Wildman–Crippen LogP) is 2.56. The van der Waals surface area contributed by atoms with E-state index in [2.05, 4.69) is 15.9 Å². The molecule has 0 fully saturated rings. The number of aromatic nitrogens is 1. The number of hydrogen-bond donors (Lipinski definition) is 0. The Kier molecular flexibility index (Phi) is 4.37. The lowest BCUT2D eigenvalue weighted by Gasteiger charge is -2.08. The third kappa shape index (κ3) is 3.70. The molecule has 0 unspecified atom stereocenters. The van der Waals surface area contributed by atoms with E-state index in [0.29, 0.717) is 24.5 Å². The van der Waals surface area contributed by atoms with Crippen molar-refractivity contribution in [2.24, 2.45) is 0 Å². The Labute approximate surface area is 119 Å². The molecule has 0 aliphatic rings. The largest absolute Gasteiger partial charge is 0.492 e. The maximum atomic E-state index is 11.5. The van der Waals surface area contributed by atoms with Crippen molar-refractivity contribution in [2.75, 3.05) is 6.61 Å². The second kappa shape index (κ2) is 6.21. The zero-order valence-corrected chi connectivity index (χ0v) is 11.6. The van der Waals surface area contributed by atoms with E-state index in [0.717, 1.165) is 4.47 Å². The average molecular weight is 319 g/mol. The maximum Gasteiger partial charge on any atom is 0.250 e. The maximum absolute atomic E-state index is 11.5. The predicted molar refractivity (Wildman–Crippen MR) is 75.1 cm³/mol. The number of ether oxygens (including phenoxy) is 1. The Morgan fingerprint density at radius 2 is 1.95 bits per heavy atom. The number of hydrogen-bond acceptors (Lipinski definition) is 3. The third-order valence-corrected chi connectivity index (χ3v) is 3.00. The second-order valence-corrected chi connectivity index (χ2v) is 4.78. The van der Waals surface area contributed by atoms with Crippen LogP contribution in [0.2, 0.25) is 0 Å². The minimum atomic E-state index is -0.0633. The van der Waals surface area contributed by atoms with Gasteiger partial charge < -0.3 is 9.30 Å². The highest BCUT2D eigenvalue weighted by atomic mass is 79.9. The molecule has 0 spiro atoms. The van der Waals surface area contributed by atoms with Gasteiger partial charge in [-0.25, -0.2) is 0 Å². The molecular weight excluding hydrogens is 308 g/mol. The molecule has 0 atom stereocenters. The quantitative estimate of drug-likeness (QED) is 0.870. The SMILES string of the molecule is N#Cc1ccc(OCCn2cc(Br)ccc2=O)cc1. The van der Waals surface area contributed by atoms with Gasteiger partial charge in [-0.3, -0.25) is 4.79 Å². The van der Waals surface area contributed by atoms with E-state index in [9.17, 15) is 4.79 Å². The van der Waals surface area contributed by atoms with Crippen LogP contribution in [0.3, 0.4) is 0 Å². The van der Waals surface area contributed by atoms with Crippen LogP contribution in [0, 0.1) is 11.3 Å². The highest BCUT2D eigenvalue weighted by Crippen LogP contribution is 2.11. The van der Waals surface area contributed by atoms with E-state index in [-0.39, 0.29) is 5.56 Å². The van der Waals surface area contributed by atoms with Crippen LogP contribution in [0.15, 0.2) is 51.9 Å². The lowest BCUT2D eigenvalue weighted by molar-refractivity contribution is 0.296. The minimum absolute atomic E-state index is 0.0633. The smallest absolute Gasteiger partial charge is 0.250 e. The Hall–Kier alpha value is -2.06. The van der Waals surface area contributed by atoms with Gasteiger partial charge in [-0.1, -0.05) is 0 Å². The van der Waals surface area contributed by atoms with Crippen molar-refractivity contribution in [3.63, 3.8) is 0 Å². The molecule has 0 amide bonds. The summed E-state index contributed by atoms with van der Waals surface area (Å²) >= 11 is 3.32. The van der Waals surface area contributed by atoms with Crippen molar-refractivity contribution in [3.05, 3.63) is 63.0 Å². The molecule has 0 radical (unpaired) electrons. The standard InChI is InChI=1S/C14H11BrN2O2/c15-12-3-6-14(18)17(10-12)7-8-19-13-4-1-11(9-16)2-5-13/h1-6,10H,7-8H2. The molecule has 0 saturated heterocycles. The average Bonchev–Trinajstić information content (AvgIpc) is 2.43. The molecule has 0 aliphatic carbocycles. The van der Waals surface area contributed by atoms with Crippen LogP contribution < -0.4 is 10.3 Å². The van der Waals surface area contributed by atoms with Crippen molar-refractivity contribution < 1.29 is 4.74 Å². The van der Waals surface area contributed by atoms with Gasteiger partial charge in [0.05, 0.1) is 18.2 Å². The highest BCUT2D eigenvalue weighted by Gasteiger charge is 1.98. The van der Waals surface area contributed by atoms with E-state index in [1.54, 1.807) is 41.1 Å². The first-order chi connectivity index (χ1) is 9.19. The summed E-state index contributed by atoms with van der Waals surface area (Å²) in [5, 5.41) is 8.68. The van der Waals surface area contributed by atoms with Gasteiger partial charge in [0.15, 0.2) is 0 Å². The van der Waals surface area contributed by atoms with Crippen molar-refractivity contribution in [1.29, 1.82) is 5.26 Å². The Balaban J connectivity index is 1.94. The summed E-state index contributed by atoms with van der Waals surface area (Å²) in [6, 6.07) is 12.1. The molecule has 1 aromatic carbocycles. The van der Waals surface area contributed by atoms with Crippen LogP contribution in [0.1, 0.15) is 5.56 Å². The number of pyridine rings is 1. The summed E-state index contributed by atoms with van der Waals surface area (Å²) in [4.78, 5) is 11.5. The Bertz CT molecular complexity index is 656. The summed E-state index contributed by atoms with van der Waals surface area (Å²) in [5.74, 6) is 0.682. The van der Waals surface area contributed by atoms with Gasteiger partial charge in [-0.15, -0.1) is 0 Å². The molecule has 19 heavy (non-hydrogen) atoms.